The van der Waals surface area contributed by atoms with E-state index in [2.05, 4.69) is 6.08 Å². The maximum Gasteiger partial charge on any atom is 0.163 e. The molecule has 0 heterocycles. The second-order valence-corrected chi connectivity index (χ2v) is 5.26. The zero-order valence-electron chi connectivity index (χ0n) is 9.73. The summed E-state index contributed by atoms with van der Waals surface area (Å²) in [5, 5.41) is 0. The van der Waals surface area contributed by atoms with Crippen molar-refractivity contribution < 1.29 is 4.79 Å². The molecule has 0 spiro atoms. The third-order valence-electron chi connectivity index (χ3n) is 2.76. The Morgan fingerprint density at radius 3 is 2.43 bits per heavy atom. The summed E-state index contributed by atoms with van der Waals surface area (Å²) in [6.45, 7) is 6.03. The molecule has 0 aromatic rings. The second-order valence-electron chi connectivity index (χ2n) is 5.26. The molecule has 1 aliphatic carbocycles. The summed E-state index contributed by atoms with van der Waals surface area (Å²) in [6.07, 6.45) is 9.32. The number of rotatable bonds is 1. The van der Waals surface area contributed by atoms with Gasteiger partial charge in [-0.2, -0.15) is 0 Å². The minimum absolute atomic E-state index is 0.203. The Bertz CT molecular complexity index is 230. The fourth-order valence-electron chi connectivity index (χ4n) is 1.88. The molecule has 1 rings (SSSR count). The van der Waals surface area contributed by atoms with Crippen LogP contribution in [-0.4, -0.2) is 5.78 Å². The Balaban J connectivity index is 2.69. The van der Waals surface area contributed by atoms with Crippen molar-refractivity contribution in [1.82, 2.24) is 0 Å². The van der Waals surface area contributed by atoms with Gasteiger partial charge in [-0.3, -0.25) is 4.79 Å². The molecule has 0 amide bonds. The predicted molar refractivity (Wildman–Crippen MR) is 60.2 cm³/mol. The van der Waals surface area contributed by atoms with Crippen LogP contribution >= 0.6 is 0 Å². The SMILES string of the molecule is CC(C)(C)C(=O)C1=CCCCCCC1. The maximum atomic E-state index is 12.0. The highest BCUT2D eigenvalue weighted by atomic mass is 16.1. The van der Waals surface area contributed by atoms with Gasteiger partial charge in [0.1, 0.15) is 0 Å². The lowest BCUT2D eigenvalue weighted by molar-refractivity contribution is -0.122. The van der Waals surface area contributed by atoms with Gasteiger partial charge in [0.2, 0.25) is 0 Å². The summed E-state index contributed by atoms with van der Waals surface area (Å²) >= 11 is 0. The number of hydrogen-bond acceptors (Lipinski definition) is 1. The van der Waals surface area contributed by atoms with Gasteiger partial charge in [-0.05, 0) is 31.3 Å². The number of carbonyl (C=O) groups excluding carboxylic acids is 1. The molecule has 0 saturated carbocycles. The normalized spacial score (nSPS) is 19.5. The molecule has 0 radical (unpaired) electrons. The summed E-state index contributed by atoms with van der Waals surface area (Å²) in [5.41, 5.74) is 0.877. The van der Waals surface area contributed by atoms with Crippen molar-refractivity contribution in [2.24, 2.45) is 5.41 Å². The van der Waals surface area contributed by atoms with Crippen molar-refractivity contribution in [2.75, 3.05) is 0 Å². The Hall–Kier alpha value is -0.590. The Morgan fingerprint density at radius 1 is 1.14 bits per heavy atom. The van der Waals surface area contributed by atoms with Gasteiger partial charge >= 0.3 is 0 Å². The lowest BCUT2D eigenvalue weighted by atomic mass is 9.83. The van der Waals surface area contributed by atoms with E-state index in [1.165, 1.54) is 25.7 Å². The van der Waals surface area contributed by atoms with Gasteiger partial charge < -0.3 is 0 Å². The van der Waals surface area contributed by atoms with Crippen molar-refractivity contribution in [3.63, 3.8) is 0 Å². The van der Waals surface area contributed by atoms with E-state index in [4.69, 9.17) is 0 Å². The van der Waals surface area contributed by atoms with E-state index in [0.29, 0.717) is 5.78 Å². The quantitative estimate of drug-likeness (QED) is 0.619. The fraction of sp³-hybridized carbons (Fsp3) is 0.769. The number of carbonyl (C=O) groups is 1. The van der Waals surface area contributed by atoms with E-state index >= 15 is 0 Å². The Kier molecular flexibility index (Phi) is 3.91. The fourth-order valence-corrected chi connectivity index (χ4v) is 1.88. The summed E-state index contributed by atoms with van der Waals surface area (Å²) in [7, 11) is 0. The minimum atomic E-state index is -0.203. The molecule has 0 aromatic carbocycles. The smallest absolute Gasteiger partial charge is 0.163 e. The first-order valence-corrected chi connectivity index (χ1v) is 5.75. The van der Waals surface area contributed by atoms with Crippen LogP contribution in [0.2, 0.25) is 0 Å². The molecule has 0 bridgehead atoms. The number of hydrogen-bond donors (Lipinski definition) is 0. The summed E-state index contributed by atoms with van der Waals surface area (Å²) in [6, 6.07) is 0. The standard InChI is InChI=1S/C13H22O/c1-13(2,3)12(14)11-9-7-5-4-6-8-10-11/h9H,4-8,10H2,1-3H3. The van der Waals surface area contributed by atoms with E-state index in [-0.39, 0.29) is 5.41 Å². The van der Waals surface area contributed by atoms with Crippen molar-refractivity contribution in [3.8, 4) is 0 Å². The van der Waals surface area contributed by atoms with Gasteiger partial charge in [-0.25, -0.2) is 0 Å². The van der Waals surface area contributed by atoms with Crippen LogP contribution in [0.1, 0.15) is 59.3 Å². The van der Waals surface area contributed by atoms with Gasteiger partial charge in [0.15, 0.2) is 5.78 Å². The van der Waals surface area contributed by atoms with Gasteiger partial charge in [-0.15, -0.1) is 0 Å². The number of ketones is 1. The van der Waals surface area contributed by atoms with Gasteiger partial charge in [-0.1, -0.05) is 39.7 Å². The van der Waals surface area contributed by atoms with E-state index in [1.807, 2.05) is 20.8 Å². The van der Waals surface area contributed by atoms with Crippen LogP contribution in [0.25, 0.3) is 0 Å². The molecule has 0 aromatic heterocycles. The highest BCUT2D eigenvalue weighted by Gasteiger charge is 2.24. The highest BCUT2D eigenvalue weighted by molar-refractivity contribution is 5.99. The van der Waals surface area contributed by atoms with Crippen LogP contribution in [0.5, 0.6) is 0 Å². The molecule has 14 heavy (non-hydrogen) atoms. The largest absolute Gasteiger partial charge is 0.294 e. The third kappa shape index (κ3) is 3.28. The van der Waals surface area contributed by atoms with Gasteiger partial charge in [0.25, 0.3) is 0 Å². The lowest BCUT2D eigenvalue weighted by Crippen LogP contribution is -2.22. The monoisotopic (exact) mass is 194 g/mol. The van der Waals surface area contributed by atoms with E-state index < -0.39 is 0 Å². The van der Waals surface area contributed by atoms with Crippen LogP contribution in [0.15, 0.2) is 11.6 Å². The van der Waals surface area contributed by atoms with Crippen LogP contribution in [0.4, 0.5) is 0 Å². The molecular formula is C13H22O. The van der Waals surface area contributed by atoms with E-state index in [0.717, 1.165) is 18.4 Å². The number of allylic oxidation sites excluding steroid dienone is 2. The van der Waals surface area contributed by atoms with Crippen LogP contribution in [0, 0.1) is 5.41 Å². The van der Waals surface area contributed by atoms with Gasteiger partial charge in [0.05, 0.1) is 0 Å². The zero-order chi connectivity index (χ0) is 10.6. The first kappa shape index (κ1) is 11.5. The van der Waals surface area contributed by atoms with Gasteiger partial charge in [0, 0.05) is 5.41 Å². The Labute approximate surface area is 87.6 Å². The van der Waals surface area contributed by atoms with Crippen molar-refractivity contribution >= 4 is 5.78 Å². The molecule has 1 heteroatoms. The van der Waals surface area contributed by atoms with Crippen molar-refractivity contribution in [1.29, 1.82) is 0 Å². The van der Waals surface area contributed by atoms with Crippen molar-refractivity contribution in [2.45, 2.75) is 59.3 Å². The second kappa shape index (κ2) is 4.77. The highest BCUT2D eigenvalue weighted by Crippen LogP contribution is 2.25. The molecule has 0 aliphatic heterocycles. The first-order chi connectivity index (χ1) is 6.52. The summed E-state index contributed by atoms with van der Waals surface area (Å²) in [4.78, 5) is 12.0. The molecule has 0 atom stereocenters. The zero-order valence-corrected chi connectivity index (χ0v) is 9.73. The summed E-state index contributed by atoms with van der Waals surface area (Å²) in [5.74, 6) is 0.347. The molecule has 0 N–H and O–H groups in total. The predicted octanol–water partition coefficient (Wildman–Crippen LogP) is 3.88. The molecule has 0 unspecified atom stereocenters. The van der Waals surface area contributed by atoms with Crippen LogP contribution in [-0.2, 0) is 4.79 Å². The van der Waals surface area contributed by atoms with Crippen LogP contribution in [0.3, 0.4) is 0 Å². The average molecular weight is 194 g/mol. The van der Waals surface area contributed by atoms with E-state index in [1.54, 1.807) is 0 Å². The maximum absolute atomic E-state index is 12.0. The molecule has 1 nitrogen and oxygen atoms in total. The first-order valence-electron chi connectivity index (χ1n) is 5.75. The molecular weight excluding hydrogens is 172 g/mol. The number of Topliss-reactive ketones (excluding diaryl/α,β-unsaturated/α-hetero) is 1. The average Bonchev–Trinajstić information content (AvgIpc) is 2.00. The topological polar surface area (TPSA) is 17.1 Å². The Morgan fingerprint density at radius 2 is 1.79 bits per heavy atom. The molecule has 0 saturated heterocycles. The summed E-state index contributed by atoms with van der Waals surface area (Å²) < 4.78 is 0. The van der Waals surface area contributed by atoms with E-state index in [9.17, 15) is 4.79 Å². The molecule has 0 fully saturated rings. The minimum Gasteiger partial charge on any atom is -0.294 e. The van der Waals surface area contributed by atoms with Crippen molar-refractivity contribution in [3.05, 3.63) is 11.6 Å². The molecule has 80 valence electrons. The molecule has 1 aliphatic rings. The third-order valence-corrected chi connectivity index (χ3v) is 2.76. The lowest BCUT2D eigenvalue weighted by Gasteiger charge is -2.20. The van der Waals surface area contributed by atoms with Crippen LogP contribution < -0.4 is 0 Å².